The quantitative estimate of drug-likeness (QED) is 0.384. The average Bonchev–Trinajstić information content (AvgIpc) is 2.68. The Morgan fingerprint density at radius 2 is 1.78 bits per heavy atom. The molecule has 0 aliphatic rings. The average molecular weight is 394 g/mol. The summed E-state index contributed by atoms with van der Waals surface area (Å²) >= 11 is 1.75. The predicted molar refractivity (Wildman–Crippen MR) is 127 cm³/mol. The minimum Gasteiger partial charge on any atom is -0.367 e. The third-order valence-corrected chi connectivity index (χ3v) is 4.92. The summed E-state index contributed by atoms with van der Waals surface area (Å²) < 4.78 is 0. The summed E-state index contributed by atoms with van der Waals surface area (Å²) in [6, 6.07) is 2.43. The van der Waals surface area contributed by atoms with Gasteiger partial charge in [-0.15, -0.1) is 0 Å². The van der Waals surface area contributed by atoms with E-state index in [-0.39, 0.29) is 12.0 Å². The third kappa shape index (κ3) is 15.3. The first-order valence-electron chi connectivity index (χ1n) is 10.2. The molecule has 0 saturated heterocycles. The smallest absolute Gasteiger partial charge is 0.124 e. The zero-order chi connectivity index (χ0) is 21.8. The van der Waals surface area contributed by atoms with Crippen LogP contribution in [-0.4, -0.2) is 12.3 Å². The lowest BCUT2D eigenvalue weighted by molar-refractivity contribution is 0.432. The maximum Gasteiger partial charge on any atom is 0.124 e. The van der Waals surface area contributed by atoms with Gasteiger partial charge in [-0.1, -0.05) is 66.0 Å². The first kappa shape index (κ1) is 30.3. The molecule has 0 aromatic carbocycles. The number of rotatable bonds is 10. The number of nitrogens with one attached hydrogen (secondary N) is 1. The van der Waals surface area contributed by atoms with E-state index in [0.717, 1.165) is 23.6 Å². The number of aliphatic imine (C=N–C) groups is 1. The number of allylic oxidation sites excluding steroid dienone is 4. The normalized spacial score (nSPS) is 13.9. The lowest BCUT2D eigenvalue weighted by Crippen LogP contribution is -2.31. The Labute approximate surface area is 174 Å². The van der Waals surface area contributed by atoms with Crippen molar-refractivity contribution in [2.45, 2.75) is 94.5 Å². The zero-order valence-corrected chi connectivity index (χ0v) is 20.3. The Balaban J connectivity index is -0.00000134. The van der Waals surface area contributed by atoms with Crippen LogP contribution in [0.1, 0.15) is 88.5 Å². The highest BCUT2D eigenvalue weighted by atomic mass is 32.2. The Hall–Kier alpha value is -1.47. The van der Waals surface area contributed by atoms with E-state index in [2.05, 4.69) is 63.7 Å². The van der Waals surface area contributed by atoms with Crippen molar-refractivity contribution in [3.05, 3.63) is 33.9 Å². The van der Waals surface area contributed by atoms with E-state index in [1.165, 1.54) is 10.5 Å². The molecule has 156 valence electrons. The molecule has 0 spiro atoms. The molecule has 27 heavy (non-hydrogen) atoms. The number of hydrogen-bond acceptors (Lipinski definition) is 4. The Morgan fingerprint density at radius 3 is 2.19 bits per heavy atom. The van der Waals surface area contributed by atoms with Gasteiger partial charge < -0.3 is 5.32 Å². The fraction of sp³-hybridized carbons (Fsp3) is 0.652. The molecule has 0 saturated carbocycles. The van der Waals surface area contributed by atoms with Gasteiger partial charge in [0.1, 0.15) is 5.82 Å². The highest BCUT2D eigenvalue weighted by Gasteiger charge is 2.14. The molecule has 0 radical (unpaired) electrons. The Morgan fingerprint density at radius 1 is 1.22 bits per heavy atom. The summed E-state index contributed by atoms with van der Waals surface area (Å²) in [5.74, 6) is 1.17. The topological polar surface area (TPSA) is 48.2 Å². The molecule has 0 heterocycles. The lowest BCUT2D eigenvalue weighted by atomic mass is 10.0. The molecule has 3 nitrogen and oxygen atoms in total. The van der Waals surface area contributed by atoms with Gasteiger partial charge >= 0.3 is 0 Å². The van der Waals surface area contributed by atoms with E-state index >= 15 is 0 Å². The standard InChI is InChI=1S/C19H31N3S.2C2H6/c1-8-18(9-2)23-16(6)13-15(5)19(21-10-3)22-17(7)14(4)11-12-20;2*1-2/h8,10,14,17,22H,6,9,11,13H2,1-5,7H3;2*1-2H3/b18-8-,19-15+,21-10-;;. The van der Waals surface area contributed by atoms with E-state index in [0.29, 0.717) is 6.42 Å². The molecule has 0 aliphatic carbocycles. The van der Waals surface area contributed by atoms with E-state index < -0.39 is 0 Å². The van der Waals surface area contributed by atoms with Gasteiger partial charge in [-0.25, -0.2) is 4.99 Å². The number of hydrogen-bond donors (Lipinski definition) is 1. The predicted octanol–water partition coefficient (Wildman–Crippen LogP) is 7.84. The molecule has 2 unspecified atom stereocenters. The lowest BCUT2D eigenvalue weighted by Gasteiger charge is -2.22. The van der Waals surface area contributed by atoms with Gasteiger partial charge in [0.05, 0.1) is 6.07 Å². The molecule has 1 N–H and O–H groups in total. The van der Waals surface area contributed by atoms with Crippen LogP contribution < -0.4 is 5.32 Å². The molecule has 2 atom stereocenters. The highest BCUT2D eigenvalue weighted by molar-refractivity contribution is 8.06. The fourth-order valence-electron chi connectivity index (χ4n) is 2.01. The van der Waals surface area contributed by atoms with E-state index in [9.17, 15) is 0 Å². The molecular formula is C23H43N3S. The van der Waals surface area contributed by atoms with Crippen LogP contribution in [0.2, 0.25) is 0 Å². The first-order valence-corrected chi connectivity index (χ1v) is 11.0. The second kappa shape index (κ2) is 20.8. The summed E-state index contributed by atoms with van der Waals surface area (Å²) in [5, 5.41) is 12.3. The van der Waals surface area contributed by atoms with Gasteiger partial charge in [0.2, 0.25) is 0 Å². The Kier molecular flexibility index (Phi) is 23.4. The molecular weight excluding hydrogens is 350 g/mol. The summed E-state index contributed by atoms with van der Waals surface area (Å²) in [6.45, 7) is 24.6. The largest absolute Gasteiger partial charge is 0.367 e. The summed E-state index contributed by atoms with van der Waals surface area (Å²) in [5.41, 5.74) is 1.17. The molecule has 0 aromatic heterocycles. The number of thioether (sulfide) groups is 1. The monoisotopic (exact) mass is 393 g/mol. The van der Waals surface area contributed by atoms with E-state index in [1.54, 1.807) is 18.0 Å². The van der Waals surface area contributed by atoms with Crippen molar-refractivity contribution in [3.8, 4) is 6.07 Å². The van der Waals surface area contributed by atoms with Crippen LogP contribution in [0.3, 0.4) is 0 Å². The van der Waals surface area contributed by atoms with Gasteiger partial charge in [-0.2, -0.15) is 5.26 Å². The van der Waals surface area contributed by atoms with Crippen LogP contribution in [0, 0.1) is 17.2 Å². The van der Waals surface area contributed by atoms with Crippen molar-refractivity contribution in [1.82, 2.24) is 5.32 Å². The van der Waals surface area contributed by atoms with Crippen molar-refractivity contribution in [2.24, 2.45) is 10.9 Å². The molecule has 0 rings (SSSR count). The summed E-state index contributed by atoms with van der Waals surface area (Å²) in [6.07, 6.45) is 6.32. The SMILES string of the molecule is C=C(C/C(C)=C(\N=C/C)NC(C)C(C)CC#N)S/C(=C\C)CC.CC.CC. The van der Waals surface area contributed by atoms with Crippen LogP contribution in [0.4, 0.5) is 0 Å². The van der Waals surface area contributed by atoms with Crippen LogP contribution in [0.25, 0.3) is 0 Å². The molecule has 0 fully saturated rings. The second-order valence-electron chi connectivity index (χ2n) is 5.71. The summed E-state index contributed by atoms with van der Waals surface area (Å²) in [7, 11) is 0. The number of nitrogens with zero attached hydrogens (tertiary/aromatic N) is 2. The van der Waals surface area contributed by atoms with E-state index in [1.807, 2.05) is 34.6 Å². The van der Waals surface area contributed by atoms with Crippen molar-refractivity contribution >= 4 is 18.0 Å². The van der Waals surface area contributed by atoms with Crippen LogP contribution >= 0.6 is 11.8 Å². The third-order valence-electron chi connectivity index (χ3n) is 3.70. The molecule has 0 aromatic rings. The maximum atomic E-state index is 8.84. The van der Waals surface area contributed by atoms with Crippen LogP contribution in [0.15, 0.2) is 38.9 Å². The first-order chi connectivity index (χ1) is 12.9. The van der Waals surface area contributed by atoms with Gasteiger partial charge in [-0.3, -0.25) is 0 Å². The second-order valence-corrected chi connectivity index (χ2v) is 7.02. The van der Waals surface area contributed by atoms with Gasteiger partial charge in [0, 0.05) is 25.1 Å². The van der Waals surface area contributed by atoms with Crippen molar-refractivity contribution in [2.75, 3.05) is 0 Å². The van der Waals surface area contributed by atoms with Crippen LogP contribution in [0.5, 0.6) is 0 Å². The zero-order valence-electron chi connectivity index (χ0n) is 19.4. The van der Waals surface area contributed by atoms with Gasteiger partial charge in [0.15, 0.2) is 0 Å². The maximum absolute atomic E-state index is 8.84. The van der Waals surface area contributed by atoms with Crippen molar-refractivity contribution in [3.63, 3.8) is 0 Å². The minimum absolute atomic E-state index is 0.200. The fourth-order valence-corrected chi connectivity index (χ4v) is 2.94. The molecule has 4 heteroatoms. The van der Waals surface area contributed by atoms with Crippen molar-refractivity contribution in [1.29, 1.82) is 5.26 Å². The van der Waals surface area contributed by atoms with Gasteiger partial charge in [0.25, 0.3) is 0 Å². The molecule has 0 bridgehead atoms. The number of nitriles is 1. The highest BCUT2D eigenvalue weighted by Crippen LogP contribution is 2.31. The Bertz CT molecular complexity index is 510. The van der Waals surface area contributed by atoms with E-state index in [4.69, 9.17) is 5.26 Å². The molecule has 0 amide bonds. The van der Waals surface area contributed by atoms with Crippen molar-refractivity contribution < 1.29 is 0 Å². The van der Waals surface area contributed by atoms with Gasteiger partial charge in [-0.05, 0) is 55.4 Å². The summed E-state index contributed by atoms with van der Waals surface area (Å²) in [4.78, 5) is 6.94. The molecule has 0 aliphatic heterocycles. The van der Waals surface area contributed by atoms with Crippen LogP contribution in [-0.2, 0) is 0 Å². The minimum atomic E-state index is 0.200.